The number of nitrogens with zero attached hydrogens (tertiary/aromatic N) is 5. The number of nitrogens with two attached hydrogens (primary N) is 1. The molecule has 1 unspecified atom stereocenters. The van der Waals surface area contributed by atoms with E-state index in [1.54, 1.807) is 23.9 Å². The predicted molar refractivity (Wildman–Crippen MR) is 139 cm³/mol. The highest BCUT2D eigenvalue weighted by molar-refractivity contribution is 8.00. The first-order valence-corrected chi connectivity index (χ1v) is 14.5. The van der Waals surface area contributed by atoms with E-state index in [1.807, 2.05) is 11.0 Å². The Kier molecular flexibility index (Phi) is 7.57. The van der Waals surface area contributed by atoms with Gasteiger partial charge in [0.25, 0.3) is 0 Å². The van der Waals surface area contributed by atoms with Gasteiger partial charge in [0, 0.05) is 80.5 Å². The molecule has 10 nitrogen and oxygen atoms in total. The Balaban J connectivity index is 1.36. The van der Waals surface area contributed by atoms with Crippen LogP contribution in [-0.4, -0.2) is 104 Å². The number of alkyl halides is 3. The van der Waals surface area contributed by atoms with Gasteiger partial charge in [-0.05, 0) is 6.07 Å². The van der Waals surface area contributed by atoms with Gasteiger partial charge in [0.1, 0.15) is 5.82 Å². The summed E-state index contributed by atoms with van der Waals surface area (Å²) in [6.07, 6.45) is 1.84. The fourth-order valence-electron chi connectivity index (χ4n) is 4.90. The van der Waals surface area contributed by atoms with Crippen molar-refractivity contribution in [3.05, 3.63) is 29.5 Å². The first-order valence-electron chi connectivity index (χ1n) is 12.2. The summed E-state index contributed by atoms with van der Waals surface area (Å²) in [5.41, 5.74) is 3.38. The third kappa shape index (κ3) is 5.21. The number of halogens is 3. The second-order valence-corrected chi connectivity index (χ2v) is 12.5. The molecule has 3 aliphatic rings. The minimum Gasteiger partial charge on any atom is -0.398 e. The number of benzene rings is 1. The van der Waals surface area contributed by atoms with Crippen LogP contribution in [0.2, 0.25) is 0 Å². The Bertz CT molecular complexity index is 1310. The van der Waals surface area contributed by atoms with E-state index in [0.29, 0.717) is 66.2 Å². The highest BCUT2D eigenvalue weighted by Crippen LogP contribution is 2.43. The molecule has 5 rings (SSSR count). The van der Waals surface area contributed by atoms with Crippen molar-refractivity contribution in [2.75, 3.05) is 69.7 Å². The Hall–Kier alpha value is -2.46. The minimum absolute atomic E-state index is 0.0863. The van der Waals surface area contributed by atoms with Crippen LogP contribution < -0.4 is 10.6 Å². The zero-order chi connectivity index (χ0) is 27.1. The molecule has 2 saturated heterocycles. The maximum absolute atomic E-state index is 12.9. The summed E-state index contributed by atoms with van der Waals surface area (Å²) in [6, 6.07) is 5.38. The number of piperazine rings is 1. The van der Waals surface area contributed by atoms with Gasteiger partial charge in [-0.2, -0.15) is 17.5 Å². The average molecular weight is 572 g/mol. The van der Waals surface area contributed by atoms with E-state index in [2.05, 4.69) is 4.90 Å². The molecule has 0 saturated carbocycles. The number of nitrogens with one attached hydrogen (secondary N) is 1. The van der Waals surface area contributed by atoms with Crippen LogP contribution in [0.3, 0.4) is 0 Å². The summed E-state index contributed by atoms with van der Waals surface area (Å²) >= 11 is 1.65. The predicted octanol–water partition coefficient (Wildman–Crippen LogP) is 2.04. The molecule has 3 N–H and O–H groups in total. The van der Waals surface area contributed by atoms with Crippen LogP contribution in [0.25, 0.3) is 11.4 Å². The Morgan fingerprint density at radius 1 is 1.13 bits per heavy atom. The number of morpholine rings is 1. The van der Waals surface area contributed by atoms with Gasteiger partial charge < -0.3 is 20.8 Å². The number of aromatic nitrogens is 2. The number of rotatable bonds is 6. The van der Waals surface area contributed by atoms with E-state index in [1.165, 1.54) is 6.21 Å². The molecule has 3 aliphatic heterocycles. The maximum atomic E-state index is 12.9. The first-order chi connectivity index (χ1) is 18.1. The van der Waals surface area contributed by atoms with Crippen LogP contribution in [0.15, 0.2) is 23.1 Å². The molecule has 1 atom stereocenters. The third-order valence-corrected chi connectivity index (χ3v) is 9.82. The highest BCUT2D eigenvalue weighted by atomic mass is 32.2. The second-order valence-electron chi connectivity index (χ2n) is 9.29. The van der Waals surface area contributed by atoms with E-state index in [-0.39, 0.29) is 31.4 Å². The normalized spacial score (nSPS) is 21.4. The number of thioether (sulfide) groups is 1. The third-order valence-electron chi connectivity index (χ3n) is 6.88. The van der Waals surface area contributed by atoms with E-state index in [9.17, 15) is 21.6 Å². The molecule has 206 valence electrons. The monoisotopic (exact) mass is 571 g/mol. The summed E-state index contributed by atoms with van der Waals surface area (Å²) in [5, 5.41) is 7.93. The van der Waals surface area contributed by atoms with Crippen LogP contribution in [0.5, 0.6) is 0 Å². The van der Waals surface area contributed by atoms with E-state index in [4.69, 9.17) is 25.8 Å². The van der Waals surface area contributed by atoms with Crippen molar-refractivity contribution >= 4 is 39.5 Å². The number of hydrogen-bond acceptors (Lipinski definition) is 10. The van der Waals surface area contributed by atoms with Crippen molar-refractivity contribution in [1.29, 1.82) is 5.41 Å². The van der Waals surface area contributed by atoms with Crippen molar-refractivity contribution in [2.24, 2.45) is 0 Å². The lowest BCUT2D eigenvalue weighted by atomic mass is 10.1. The molecule has 38 heavy (non-hydrogen) atoms. The zero-order valence-electron chi connectivity index (χ0n) is 20.4. The standard InChI is InChI=1S/C23H28F3N7O3S2/c24-23(25,26)38(34,35)33-6-4-31(5-7-33)14-15-12-19-20(37-15)22(32-8-10-36-11-9-32)30-21(29-19)16-2-1-3-18(28)17(16)13-27/h1-3,13,15,27H,4-12,14,28H2. The Labute approximate surface area is 222 Å². The Morgan fingerprint density at radius 2 is 1.84 bits per heavy atom. The summed E-state index contributed by atoms with van der Waals surface area (Å²) in [7, 11) is -5.31. The quantitative estimate of drug-likeness (QED) is 0.395. The van der Waals surface area contributed by atoms with Crippen LogP contribution in [-0.2, 0) is 21.2 Å². The average Bonchev–Trinajstić information content (AvgIpc) is 3.30. The summed E-state index contributed by atoms with van der Waals surface area (Å²) in [5.74, 6) is 1.29. The molecule has 2 fully saturated rings. The minimum atomic E-state index is -5.31. The number of ether oxygens (including phenoxy) is 1. The van der Waals surface area contributed by atoms with Crippen molar-refractivity contribution < 1.29 is 26.3 Å². The number of anilines is 2. The molecule has 2 aromatic rings. The second kappa shape index (κ2) is 10.6. The summed E-state index contributed by atoms with van der Waals surface area (Å²) in [6.45, 7) is 3.16. The van der Waals surface area contributed by atoms with Crippen molar-refractivity contribution in [3.63, 3.8) is 0 Å². The molecule has 1 aromatic carbocycles. The molecule has 1 aromatic heterocycles. The van der Waals surface area contributed by atoms with Crippen molar-refractivity contribution in [3.8, 4) is 11.4 Å². The number of hydrogen-bond donors (Lipinski definition) is 2. The van der Waals surface area contributed by atoms with E-state index >= 15 is 0 Å². The molecule has 0 aliphatic carbocycles. The Morgan fingerprint density at radius 3 is 2.50 bits per heavy atom. The van der Waals surface area contributed by atoms with E-state index < -0.39 is 15.5 Å². The lowest BCUT2D eigenvalue weighted by molar-refractivity contribution is -0.0499. The smallest absolute Gasteiger partial charge is 0.398 e. The van der Waals surface area contributed by atoms with Gasteiger partial charge in [-0.3, -0.25) is 4.90 Å². The fraction of sp³-hybridized carbons (Fsp3) is 0.522. The molecule has 15 heteroatoms. The van der Waals surface area contributed by atoms with Gasteiger partial charge in [-0.15, -0.1) is 11.8 Å². The van der Waals surface area contributed by atoms with Crippen LogP contribution in [0, 0.1) is 5.41 Å². The fourth-order valence-corrected chi connectivity index (χ4v) is 7.25. The van der Waals surface area contributed by atoms with Gasteiger partial charge in [-0.1, -0.05) is 12.1 Å². The highest BCUT2D eigenvalue weighted by Gasteiger charge is 2.50. The lowest BCUT2D eigenvalue weighted by Gasteiger charge is -2.35. The van der Waals surface area contributed by atoms with Crippen LogP contribution in [0.4, 0.5) is 24.7 Å². The van der Waals surface area contributed by atoms with Gasteiger partial charge in [0.15, 0.2) is 5.82 Å². The summed E-state index contributed by atoms with van der Waals surface area (Å²) in [4.78, 5) is 14.9. The van der Waals surface area contributed by atoms with Crippen LogP contribution in [0.1, 0.15) is 11.3 Å². The SMILES string of the molecule is N=Cc1c(N)cccc1-c1nc2c(c(N3CCOCC3)n1)SC(CN1CCN(S(=O)(=O)C(F)(F)F)CC1)C2. The van der Waals surface area contributed by atoms with Gasteiger partial charge in [0.05, 0.1) is 23.8 Å². The number of nitrogen functional groups attached to an aromatic ring is 1. The maximum Gasteiger partial charge on any atom is 0.511 e. The number of fused-ring (bicyclic) bond motifs is 1. The van der Waals surface area contributed by atoms with Crippen molar-refractivity contribution in [2.45, 2.75) is 22.1 Å². The largest absolute Gasteiger partial charge is 0.511 e. The lowest BCUT2D eigenvalue weighted by Crippen LogP contribution is -2.52. The topological polar surface area (TPSA) is 129 Å². The molecule has 0 radical (unpaired) electrons. The molecule has 0 bridgehead atoms. The molecule has 0 amide bonds. The summed E-state index contributed by atoms with van der Waals surface area (Å²) < 4.78 is 68.3. The van der Waals surface area contributed by atoms with Gasteiger partial charge in [0.2, 0.25) is 0 Å². The molecular formula is C23H28F3N7O3S2. The van der Waals surface area contributed by atoms with Gasteiger partial charge >= 0.3 is 15.5 Å². The first kappa shape index (κ1) is 27.1. The molecular weight excluding hydrogens is 543 g/mol. The van der Waals surface area contributed by atoms with E-state index in [0.717, 1.165) is 16.4 Å². The molecule has 0 spiro atoms. The number of sulfonamides is 1. The zero-order valence-corrected chi connectivity index (χ0v) is 22.1. The van der Waals surface area contributed by atoms with Crippen molar-refractivity contribution in [1.82, 2.24) is 19.2 Å². The van der Waals surface area contributed by atoms with Gasteiger partial charge in [-0.25, -0.2) is 18.4 Å². The molecule has 4 heterocycles. The van der Waals surface area contributed by atoms with Crippen LogP contribution >= 0.6 is 11.8 Å².